The summed E-state index contributed by atoms with van der Waals surface area (Å²) in [5, 5.41) is 10.8. The topological polar surface area (TPSA) is 61.0 Å². The Labute approximate surface area is 155 Å². The first kappa shape index (κ1) is 17.5. The van der Waals surface area contributed by atoms with Crippen molar-refractivity contribution in [1.82, 2.24) is 15.5 Å². The van der Waals surface area contributed by atoms with E-state index in [1.54, 1.807) is 12.3 Å². The Morgan fingerprint density at radius 2 is 2.15 bits per heavy atom. The fourth-order valence-corrected chi connectivity index (χ4v) is 3.63. The summed E-state index contributed by atoms with van der Waals surface area (Å²) in [4.78, 5) is 14.6. The second kappa shape index (κ2) is 6.98. The van der Waals surface area contributed by atoms with Crippen LogP contribution in [0.3, 0.4) is 0 Å². The lowest BCUT2D eigenvalue weighted by molar-refractivity contribution is 0.0949. The first-order valence-electron chi connectivity index (χ1n) is 8.93. The van der Waals surface area contributed by atoms with Crippen LogP contribution in [0.1, 0.15) is 22.3 Å². The minimum Gasteiger partial charge on any atom is -0.371 e. The van der Waals surface area contributed by atoms with Crippen molar-refractivity contribution in [2.45, 2.75) is 13.3 Å². The molecule has 0 bridgehead atoms. The Hall–Kier alpha value is -2.96. The number of fused-ring (bicyclic) bond motifs is 1. The van der Waals surface area contributed by atoms with Crippen LogP contribution in [0.5, 0.6) is 0 Å². The molecule has 4 rings (SSSR count). The fourth-order valence-electron chi connectivity index (χ4n) is 3.63. The van der Waals surface area contributed by atoms with Crippen molar-refractivity contribution in [1.29, 1.82) is 0 Å². The normalized spacial score (nSPS) is 16.9. The average Bonchev–Trinajstić information content (AvgIpc) is 3.30. The van der Waals surface area contributed by atoms with Crippen molar-refractivity contribution in [2.75, 3.05) is 24.5 Å². The molecule has 0 spiro atoms. The molecule has 5 nitrogen and oxygen atoms in total. The van der Waals surface area contributed by atoms with E-state index in [1.165, 1.54) is 6.07 Å². The molecule has 1 amide bonds. The lowest BCUT2D eigenvalue weighted by Gasteiger charge is -2.19. The third-order valence-electron chi connectivity index (χ3n) is 5.04. The number of hydrogen-bond donors (Lipinski definition) is 2. The van der Waals surface area contributed by atoms with E-state index in [0.717, 1.165) is 35.5 Å². The fraction of sp³-hybridized carbons (Fsp3) is 0.300. The zero-order valence-corrected chi connectivity index (χ0v) is 14.9. The van der Waals surface area contributed by atoms with Crippen molar-refractivity contribution in [3.05, 3.63) is 59.3 Å². The number of carbonyl (C=O) groups excluding carboxylic acids is 1. The molecule has 1 fully saturated rings. The van der Waals surface area contributed by atoms with E-state index in [0.29, 0.717) is 24.3 Å². The third kappa shape index (κ3) is 3.49. The number of anilines is 1. The summed E-state index contributed by atoms with van der Waals surface area (Å²) in [5.74, 6) is -1.57. The summed E-state index contributed by atoms with van der Waals surface area (Å²) in [6.07, 6.45) is 2.59. The van der Waals surface area contributed by atoms with E-state index in [4.69, 9.17) is 0 Å². The number of nitrogens with one attached hydrogen (secondary N) is 2. The standard InChI is InChI=1S/C20H20F2N4O/c1-12-6-14-10-24-25-19(14)16(7-12)20(27)23-9-13-4-5-26(11-13)15-2-3-17(21)18(22)8-15/h2-3,6-8,10,13H,4-5,9,11H2,1H3,(H,23,27)(H,24,25). The van der Waals surface area contributed by atoms with Crippen molar-refractivity contribution in [3.63, 3.8) is 0 Å². The van der Waals surface area contributed by atoms with Gasteiger partial charge in [-0.1, -0.05) is 0 Å². The van der Waals surface area contributed by atoms with Crippen LogP contribution in [0, 0.1) is 24.5 Å². The third-order valence-corrected chi connectivity index (χ3v) is 5.04. The highest BCUT2D eigenvalue weighted by Gasteiger charge is 2.24. The van der Waals surface area contributed by atoms with Crippen LogP contribution < -0.4 is 10.2 Å². The van der Waals surface area contributed by atoms with Gasteiger partial charge in [-0.2, -0.15) is 5.10 Å². The summed E-state index contributed by atoms with van der Waals surface area (Å²) in [6.45, 7) is 3.92. The monoisotopic (exact) mass is 370 g/mol. The molecule has 27 heavy (non-hydrogen) atoms. The molecule has 3 aromatic rings. The predicted octanol–water partition coefficient (Wildman–Crippen LogP) is 3.41. The second-order valence-corrected chi connectivity index (χ2v) is 7.06. The Morgan fingerprint density at radius 3 is 2.96 bits per heavy atom. The molecule has 0 radical (unpaired) electrons. The zero-order valence-electron chi connectivity index (χ0n) is 14.9. The van der Waals surface area contributed by atoms with Gasteiger partial charge in [-0.3, -0.25) is 9.89 Å². The molecule has 1 aromatic heterocycles. The van der Waals surface area contributed by atoms with Gasteiger partial charge in [-0.05, 0) is 49.1 Å². The quantitative estimate of drug-likeness (QED) is 0.740. The van der Waals surface area contributed by atoms with Crippen molar-refractivity contribution < 1.29 is 13.6 Å². The van der Waals surface area contributed by atoms with Crippen LogP contribution in [-0.2, 0) is 0 Å². The van der Waals surface area contributed by atoms with E-state index in [-0.39, 0.29) is 11.8 Å². The molecule has 1 atom stereocenters. The van der Waals surface area contributed by atoms with Crippen LogP contribution >= 0.6 is 0 Å². The number of H-pyrrole nitrogens is 1. The predicted molar refractivity (Wildman–Crippen MR) is 99.8 cm³/mol. The highest BCUT2D eigenvalue weighted by Crippen LogP contribution is 2.25. The Kier molecular flexibility index (Phi) is 4.51. The van der Waals surface area contributed by atoms with E-state index in [2.05, 4.69) is 15.5 Å². The lowest BCUT2D eigenvalue weighted by Crippen LogP contribution is -2.31. The number of aromatic amines is 1. The summed E-state index contributed by atoms with van der Waals surface area (Å²) < 4.78 is 26.5. The average molecular weight is 370 g/mol. The Bertz CT molecular complexity index is 1000. The van der Waals surface area contributed by atoms with Gasteiger partial charge < -0.3 is 10.2 Å². The summed E-state index contributed by atoms with van der Waals surface area (Å²) in [5.41, 5.74) is 2.98. The molecule has 1 unspecified atom stereocenters. The first-order valence-corrected chi connectivity index (χ1v) is 8.93. The Balaban J connectivity index is 1.40. The SMILES string of the molecule is Cc1cc(C(=O)NCC2CCN(c3ccc(F)c(F)c3)C2)c2[nH]ncc2c1. The van der Waals surface area contributed by atoms with Gasteiger partial charge in [0, 0.05) is 36.8 Å². The number of benzene rings is 2. The zero-order chi connectivity index (χ0) is 19.0. The number of rotatable bonds is 4. The lowest BCUT2D eigenvalue weighted by atomic mass is 10.1. The molecule has 1 aliphatic heterocycles. The van der Waals surface area contributed by atoms with Crippen LogP contribution in [0.15, 0.2) is 36.5 Å². The summed E-state index contributed by atoms with van der Waals surface area (Å²) in [6, 6.07) is 7.77. The molecule has 2 aromatic carbocycles. The van der Waals surface area contributed by atoms with Crippen molar-refractivity contribution in [2.24, 2.45) is 5.92 Å². The van der Waals surface area contributed by atoms with E-state index in [1.807, 2.05) is 24.0 Å². The molecule has 1 aliphatic rings. The molecule has 0 saturated carbocycles. The number of aromatic nitrogens is 2. The number of halogens is 2. The molecule has 1 saturated heterocycles. The van der Waals surface area contributed by atoms with Crippen molar-refractivity contribution >= 4 is 22.5 Å². The van der Waals surface area contributed by atoms with Gasteiger partial charge in [0.25, 0.3) is 5.91 Å². The van der Waals surface area contributed by atoms with Crippen LogP contribution in [0.25, 0.3) is 10.9 Å². The number of aryl methyl sites for hydroxylation is 1. The number of hydrogen-bond acceptors (Lipinski definition) is 3. The number of nitrogens with zero attached hydrogens (tertiary/aromatic N) is 2. The minimum atomic E-state index is -0.843. The van der Waals surface area contributed by atoms with E-state index in [9.17, 15) is 13.6 Å². The summed E-state index contributed by atoms with van der Waals surface area (Å²) >= 11 is 0. The highest BCUT2D eigenvalue weighted by atomic mass is 19.2. The van der Waals surface area contributed by atoms with Crippen LogP contribution in [0.2, 0.25) is 0 Å². The van der Waals surface area contributed by atoms with Gasteiger partial charge >= 0.3 is 0 Å². The van der Waals surface area contributed by atoms with Crippen LogP contribution in [-0.4, -0.2) is 35.7 Å². The van der Waals surface area contributed by atoms with Gasteiger partial charge in [0.1, 0.15) is 0 Å². The van der Waals surface area contributed by atoms with Gasteiger partial charge in [-0.25, -0.2) is 8.78 Å². The van der Waals surface area contributed by atoms with E-state index >= 15 is 0 Å². The molecular formula is C20H20F2N4O. The maximum atomic E-state index is 13.4. The smallest absolute Gasteiger partial charge is 0.253 e. The maximum Gasteiger partial charge on any atom is 0.253 e. The largest absolute Gasteiger partial charge is 0.371 e. The summed E-state index contributed by atoms with van der Waals surface area (Å²) in [7, 11) is 0. The van der Waals surface area contributed by atoms with Gasteiger partial charge in [0.2, 0.25) is 0 Å². The van der Waals surface area contributed by atoms with Gasteiger partial charge in [0.05, 0.1) is 17.3 Å². The van der Waals surface area contributed by atoms with Gasteiger partial charge in [0.15, 0.2) is 11.6 Å². The van der Waals surface area contributed by atoms with Crippen LogP contribution in [0.4, 0.5) is 14.5 Å². The maximum absolute atomic E-state index is 13.4. The van der Waals surface area contributed by atoms with Gasteiger partial charge in [-0.15, -0.1) is 0 Å². The molecular weight excluding hydrogens is 350 g/mol. The molecule has 0 aliphatic carbocycles. The van der Waals surface area contributed by atoms with Crippen molar-refractivity contribution in [3.8, 4) is 0 Å². The molecule has 2 heterocycles. The molecule has 2 N–H and O–H groups in total. The van der Waals surface area contributed by atoms with E-state index < -0.39 is 11.6 Å². The number of carbonyl (C=O) groups is 1. The molecule has 140 valence electrons. The highest BCUT2D eigenvalue weighted by molar-refractivity contribution is 6.05. The molecule has 7 heteroatoms. The minimum absolute atomic E-state index is 0.140. The second-order valence-electron chi connectivity index (χ2n) is 7.06. The number of amides is 1. The first-order chi connectivity index (χ1) is 13.0. The Morgan fingerprint density at radius 1 is 1.30 bits per heavy atom.